The molecule has 0 aliphatic heterocycles. The fourth-order valence-electron chi connectivity index (χ4n) is 1.30. The third-order valence-electron chi connectivity index (χ3n) is 1.92. The van der Waals surface area contributed by atoms with E-state index < -0.39 is 6.29 Å². The van der Waals surface area contributed by atoms with Gasteiger partial charge in [0.25, 0.3) is 5.56 Å². The molecule has 0 saturated carbocycles. The number of nitrogens with one attached hydrogen (secondary N) is 1. The summed E-state index contributed by atoms with van der Waals surface area (Å²) in [5, 5.41) is 0.417. The van der Waals surface area contributed by atoms with Gasteiger partial charge in [-0.2, -0.15) is 4.98 Å². The van der Waals surface area contributed by atoms with Crippen LogP contribution in [0.2, 0.25) is 0 Å². The van der Waals surface area contributed by atoms with E-state index in [1.165, 1.54) is 4.57 Å². The maximum Gasteiger partial charge on any atom is 0.261 e. The van der Waals surface area contributed by atoms with E-state index >= 15 is 0 Å². The van der Waals surface area contributed by atoms with Gasteiger partial charge in [0, 0.05) is 6.20 Å². The maximum atomic E-state index is 11.4. The minimum atomic E-state index is -0.735. The molecule has 0 aliphatic carbocycles. The van der Waals surface area contributed by atoms with E-state index in [0.717, 1.165) is 0 Å². The predicted molar refractivity (Wildman–Crippen MR) is 52.2 cm³/mol. The number of fused-ring (bicyclic) bond motifs is 1. The van der Waals surface area contributed by atoms with Gasteiger partial charge in [0.05, 0.1) is 5.39 Å². The summed E-state index contributed by atoms with van der Waals surface area (Å²) >= 11 is 0. The summed E-state index contributed by atoms with van der Waals surface area (Å²) in [6.45, 7) is 0. The highest BCUT2D eigenvalue weighted by atomic mass is 16.1. The molecule has 2 heterocycles. The Balaban J connectivity index is 2.85. The fourth-order valence-corrected chi connectivity index (χ4v) is 1.30. The molecular formula is C7H10N6O. The zero-order valence-corrected chi connectivity index (χ0v) is 7.27. The van der Waals surface area contributed by atoms with Crippen LogP contribution in [0.4, 0.5) is 5.95 Å². The second kappa shape index (κ2) is 2.82. The molecule has 0 saturated heterocycles. The average Bonchev–Trinajstić information content (AvgIpc) is 2.47. The first kappa shape index (κ1) is 8.73. The lowest BCUT2D eigenvalue weighted by atomic mass is 10.4. The Labute approximate surface area is 78.5 Å². The molecule has 0 aromatic carbocycles. The van der Waals surface area contributed by atoms with Gasteiger partial charge in [-0.05, 0) is 6.07 Å². The normalized spacial score (nSPS) is 11.4. The number of hydrogen-bond donors (Lipinski definition) is 4. The minimum absolute atomic E-state index is 0.0445. The van der Waals surface area contributed by atoms with Crippen LogP contribution in [0.25, 0.3) is 11.0 Å². The smallest absolute Gasteiger partial charge is 0.261 e. The number of aromatic nitrogens is 3. The molecule has 0 fully saturated rings. The van der Waals surface area contributed by atoms with Crippen molar-refractivity contribution in [2.24, 2.45) is 11.5 Å². The van der Waals surface area contributed by atoms with Crippen LogP contribution in [0.5, 0.6) is 0 Å². The number of anilines is 1. The third kappa shape index (κ3) is 1.15. The predicted octanol–water partition coefficient (Wildman–Crippen LogP) is -1.32. The van der Waals surface area contributed by atoms with Crippen molar-refractivity contribution in [2.45, 2.75) is 6.29 Å². The molecule has 2 aromatic heterocycles. The molecule has 0 spiro atoms. The Kier molecular flexibility index (Phi) is 1.76. The van der Waals surface area contributed by atoms with Crippen molar-refractivity contribution in [1.82, 2.24) is 14.5 Å². The standard InChI is InChI=1S/C7H10N6O/c8-6(9)13-2-1-3-4(13)11-7(10)12-5(3)14/h1-2,6H,8-9H2,(H3,10,11,12,14). The summed E-state index contributed by atoms with van der Waals surface area (Å²) in [7, 11) is 0. The van der Waals surface area contributed by atoms with Crippen LogP contribution in [0.15, 0.2) is 17.1 Å². The average molecular weight is 194 g/mol. The van der Waals surface area contributed by atoms with Crippen LogP contribution in [0.3, 0.4) is 0 Å². The highest BCUT2D eigenvalue weighted by Gasteiger charge is 2.09. The number of nitrogens with two attached hydrogens (primary N) is 3. The number of rotatable bonds is 1. The molecule has 2 aromatic rings. The molecule has 7 heteroatoms. The van der Waals surface area contributed by atoms with Crippen molar-refractivity contribution in [1.29, 1.82) is 0 Å². The van der Waals surface area contributed by atoms with Crippen molar-refractivity contribution >= 4 is 17.0 Å². The Morgan fingerprint density at radius 2 is 2.21 bits per heavy atom. The summed E-state index contributed by atoms with van der Waals surface area (Å²) in [5.41, 5.74) is 16.4. The van der Waals surface area contributed by atoms with Gasteiger partial charge in [0.15, 0.2) is 5.65 Å². The lowest BCUT2D eigenvalue weighted by Gasteiger charge is -2.07. The zero-order valence-electron chi connectivity index (χ0n) is 7.27. The number of aromatic amines is 1. The van der Waals surface area contributed by atoms with E-state index in [9.17, 15) is 4.79 Å². The lowest BCUT2D eigenvalue weighted by Crippen LogP contribution is -2.27. The first-order valence-corrected chi connectivity index (χ1v) is 3.97. The van der Waals surface area contributed by atoms with Crippen LogP contribution < -0.4 is 22.8 Å². The monoisotopic (exact) mass is 194 g/mol. The summed E-state index contributed by atoms with van der Waals surface area (Å²) in [6.07, 6.45) is 0.859. The summed E-state index contributed by atoms with van der Waals surface area (Å²) in [4.78, 5) is 17.7. The van der Waals surface area contributed by atoms with Gasteiger partial charge in [-0.3, -0.25) is 21.2 Å². The second-order valence-electron chi connectivity index (χ2n) is 2.90. The van der Waals surface area contributed by atoms with Gasteiger partial charge in [0.1, 0.15) is 6.29 Å². The van der Waals surface area contributed by atoms with Crippen LogP contribution in [-0.2, 0) is 0 Å². The number of hydrogen-bond acceptors (Lipinski definition) is 5. The SMILES string of the molecule is Nc1nc2c(ccn2C(N)N)c(=O)[nH]1. The summed E-state index contributed by atoms with van der Waals surface area (Å²) in [5.74, 6) is 0.0445. The molecule has 74 valence electrons. The van der Waals surface area contributed by atoms with E-state index in [2.05, 4.69) is 9.97 Å². The first-order valence-electron chi connectivity index (χ1n) is 3.97. The lowest BCUT2D eigenvalue weighted by molar-refractivity contribution is 0.559. The zero-order chi connectivity index (χ0) is 10.3. The first-order chi connectivity index (χ1) is 6.59. The van der Waals surface area contributed by atoms with E-state index in [1.807, 2.05) is 0 Å². The van der Waals surface area contributed by atoms with Crippen LogP contribution in [-0.4, -0.2) is 14.5 Å². The van der Waals surface area contributed by atoms with Crippen molar-refractivity contribution < 1.29 is 0 Å². The molecular weight excluding hydrogens is 184 g/mol. The highest BCUT2D eigenvalue weighted by molar-refractivity contribution is 5.75. The molecule has 0 aliphatic rings. The summed E-state index contributed by atoms with van der Waals surface area (Å²) in [6, 6.07) is 1.59. The molecule has 0 radical (unpaired) electrons. The molecule has 0 atom stereocenters. The van der Waals surface area contributed by atoms with E-state index in [-0.39, 0.29) is 11.5 Å². The van der Waals surface area contributed by atoms with Crippen LogP contribution >= 0.6 is 0 Å². The van der Waals surface area contributed by atoms with Crippen LogP contribution in [0, 0.1) is 0 Å². The van der Waals surface area contributed by atoms with E-state index in [0.29, 0.717) is 11.0 Å². The second-order valence-corrected chi connectivity index (χ2v) is 2.90. The fraction of sp³-hybridized carbons (Fsp3) is 0.143. The third-order valence-corrected chi connectivity index (χ3v) is 1.92. The Hall–Kier alpha value is -1.86. The van der Waals surface area contributed by atoms with Crippen molar-refractivity contribution in [3.63, 3.8) is 0 Å². The number of nitrogen functional groups attached to an aromatic ring is 1. The number of H-pyrrole nitrogens is 1. The maximum absolute atomic E-state index is 11.4. The number of nitrogens with zero attached hydrogens (tertiary/aromatic N) is 2. The molecule has 0 amide bonds. The Bertz CT molecular complexity index is 524. The topological polar surface area (TPSA) is 129 Å². The van der Waals surface area contributed by atoms with Crippen molar-refractivity contribution in [2.75, 3.05) is 5.73 Å². The highest BCUT2D eigenvalue weighted by Crippen LogP contribution is 2.10. The van der Waals surface area contributed by atoms with Gasteiger partial charge in [-0.1, -0.05) is 0 Å². The van der Waals surface area contributed by atoms with E-state index in [4.69, 9.17) is 17.2 Å². The molecule has 0 unspecified atom stereocenters. The largest absolute Gasteiger partial charge is 0.369 e. The van der Waals surface area contributed by atoms with E-state index in [1.54, 1.807) is 12.3 Å². The van der Waals surface area contributed by atoms with Gasteiger partial charge in [-0.25, -0.2) is 0 Å². The molecule has 7 N–H and O–H groups in total. The molecule has 7 nitrogen and oxygen atoms in total. The summed E-state index contributed by atoms with van der Waals surface area (Å²) < 4.78 is 1.47. The Morgan fingerprint density at radius 3 is 2.86 bits per heavy atom. The molecule has 2 rings (SSSR count). The molecule has 14 heavy (non-hydrogen) atoms. The quantitative estimate of drug-likeness (QED) is 0.418. The molecule has 0 bridgehead atoms. The van der Waals surface area contributed by atoms with Gasteiger partial charge in [0.2, 0.25) is 5.95 Å². The van der Waals surface area contributed by atoms with Gasteiger partial charge < -0.3 is 10.3 Å². The van der Waals surface area contributed by atoms with Crippen LogP contribution in [0.1, 0.15) is 6.29 Å². The van der Waals surface area contributed by atoms with Crippen molar-refractivity contribution in [3.05, 3.63) is 22.6 Å². The Morgan fingerprint density at radius 1 is 1.50 bits per heavy atom. The minimum Gasteiger partial charge on any atom is -0.369 e. The van der Waals surface area contributed by atoms with Gasteiger partial charge in [-0.15, -0.1) is 0 Å². The van der Waals surface area contributed by atoms with Gasteiger partial charge >= 0.3 is 0 Å². The van der Waals surface area contributed by atoms with Crippen molar-refractivity contribution in [3.8, 4) is 0 Å².